The molecule has 2 rings (SSSR count). The van der Waals surface area contributed by atoms with Crippen LogP contribution in [0.15, 0.2) is 52.4 Å². The Morgan fingerprint density at radius 2 is 1.62 bits per heavy atom. The summed E-state index contributed by atoms with van der Waals surface area (Å²) in [4.78, 5) is 10.8. The molecular formula is C13H10F3NO3S. The Hall–Kier alpha value is -2.09. The van der Waals surface area contributed by atoms with Gasteiger partial charge in [-0.3, -0.25) is 4.79 Å². The van der Waals surface area contributed by atoms with Crippen LogP contribution in [0.1, 0.15) is 5.56 Å². The van der Waals surface area contributed by atoms with E-state index in [4.69, 9.17) is 0 Å². The average molecular weight is 317 g/mol. The smallest absolute Gasteiger partial charge is 0.322 e. The first-order valence-electron chi connectivity index (χ1n) is 5.69. The van der Waals surface area contributed by atoms with Gasteiger partial charge in [0.15, 0.2) is 15.3 Å². The predicted molar refractivity (Wildman–Crippen MR) is 70.2 cm³/mol. The van der Waals surface area contributed by atoms with Gasteiger partial charge in [-0.15, -0.1) is 0 Å². The van der Waals surface area contributed by atoms with Crippen molar-refractivity contribution in [1.82, 2.24) is 4.57 Å². The number of sulfone groups is 1. The number of alkyl halides is 3. The molecule has 2 aromatic rings. The highest BCUT2D eigenvalue weighted by atomic mass is 32.2. The number of benzene rings is 1. The molecule has 0 fully saturated rings. The van der Waals surface area contributed by atoms with E-state index in [-0.39, 0.29) is 16.0 Å². The zero-order valence-corrected chi connectivity index (χ0v) is 11.6. The van der Waals surface area contributed by atoms with E-state index in [9.17, 15) is 26.4 Å². The second-order valence-electron chi connectivity index (χ2n) is 4.39. The second-order valence-corrected chi connectivity index (χ2v) is 6.38. The van der Waals surface area contributed by atoms with Crippen LogP contribution in [0.5, 0.6) is 0 Å². The second kappa shape index (κ2) is 5.03. The molecule has 4 nitrogen and oxygen atoms in total. The van der Waals surface area contributed by atoms with Crippen LogP contribution in [-0.2, 0) is 16.0 Å². The standard InChI is InChI=1S/C13H10F3NO3S/c1-21(19,20)12-3-2-9(13(14,15)16)8-11(12)17-6-4-10(18)5-7-17/h2-8H,1H3. The van der Waals surface area contributed by atoms with Gasteiger partial charge in [-0.05, 0) is 18.2 Å². The highest BCUT2D eigenvalue weighted by molar-refractivity contribution is 7.90. The molecule has 0 radical (unpaired) electrons. The minimum absolute atomic E-state index is 0.160. The normalized spacial score (nSPS) is 12.4. The number of aromatic nitrogens is 1. The molecule has 0 aliphatic carbocycles. The van der Waals surface area contributed by atoms with E-state index < -0.39 is 21.6 Å². The minimum atomic E-state index is -4.59. The summed E-state index contributed by atoms with van der Waals surface area (Å²) in [6.45, 7) is 0. The minimum Gasteiger partial charge on any atom is -0.322 e. The van der Waals surface area contributed by atoms with Gasteiger partial charge in [0.1, 0.15) is 0 Å². The van der Waals surface area contributed by atoms with Crippen LogP contribution in [0.4, 0.5) is 13.2 Å². The molecule has 0 amide bonds. The molecule has 0 saturated heterocycles. The maximum Gasteiger partial charge on any atom is 0.416 e. The van der Waals surface area contributed by atoms with Gasteiger partial charge in [0, 0.05) is 30.8 Å². The molecule has 0 bridgehead atoms. The Labute approximate surface area is 118 Å². The van der Waals surface area contributed by atoms with Crippen molar-refractivity contribution >= 4 is 9.84 Å². The quantitative estimate of drug-likeness (QED) is 0.854. The van der Waals surface area contributed by atoms with E-state index in [0.29, 0.717) is 6.07 Å². The Bertz CT molecular complexity index is 818. The SMILES string of the molecule is CS(=O)(=O)c1ccc(C(F)(F)F)cc1-n1ccc(=O)cc1. The lowest BCUT2D eigenvalue weighted by Crippen LogP contribution is -2.11. The van der Waals surface area contributed by atoms with Gasteiger partial charge < -0.3 is 4.57 Å². The van der Waals surface area contributed by atoms with Gasteiger partial charge in [0.2, 0.25) is 0 Å². The van der Waals surface area contributed by atoms with Crippen LogP contribution in [0, 0.1) is 0 Å². The van der Waals surface area contributed by atoms with Crippen LogP contribution in [0.2, 0.25) is 0 Å². The lowest BCUT2D eigenvalue weighted by Gasteiger charge is -2.14. The van der Waals surface area contributed by atoms with Crippen molar-refractivity contribution in [1.29, 1.82) is 0 Å². The molecule has 21 heavy (non-hydrogen) atoms. The van der Waals surface area contributed by atoms with Crippen molar-refractivity contribution in [3.05, 3.63) is 58.5 Å². The number of halogens is 3. The first kappa shape index (κ1) is 15.3. The zero-order valence-electron chi connectivity index (χ0n) is 10.8. The number of hydrogen-bond acceptors (Lipinski definition) is 3. The van der Waals surface area contributed by atoms with E-state index in [0.717, 1.165) is 35.1 Å². The van der Waals surface area contributed by atoms with Gasteiger partial charge in [-0.25, -0.2) is 8.42 Å². The van der Waals surface area contributed by atoms with Gasteiger partial charge >= 0.3 is 6.18 Å². The fourth-order valence-corrected chi connectivity index (χ4v) is 2.64. The monoisotopic (exact) mass is 317 g/mol. The molecule has 112 valence electrons. The van der Waals surface area contributed by atoms with E-state index in [2.05, 4.69) is 0 Å². The lowest BCUT2D eigenvalue weighted by atomic mass is 10.2. The maximum absolute atomic E-state index is 12.8. The molecule has 0 atom stereocenters. The van der Waals surface area contributed by atoms with E-state index in [1.807, 2.05) is 0 Å². The van der Waals surface area contributed by atoms with Crippen molar-refractivity contribution in [2.45, 2.75) is 11.1 Å². The van der Waals surface area contributed by atoms with Crippen LogP contribution in [-0.4, -0.2) is 19.2 Å². The van der Waals surface area contributed by atoms with Gasteiger partial charge in [-0.2, -0.15) is 13.2 Å². The number of pyridine rings is 1. The molecule has 0 saturated carbocycles. The van der Waals surface area contributed by atoms with E-state index in [1.54, 1.807) is 0 Å². The van der Waals surface area contributed by atoms with Crippen molar-refractivity contribution < 1.29 is 21.6 Å². The fourth-order valence-electron chi connectivity index (χ4n) is 1.78. The average Bonchev–Trinajstić information content (AvgIpc) is 2.37. The summed E-state index contributed by atoms with van der Waals surface area (Å²) in [5.41, 5.74) is -1.46. The largest absolute Gasteiger partial charge is 0.416 e. The third-order valence-electron chi connectivity index (χ3n) is 2.76. The Morgan fingerprint density at radius 1 is 1.05 bits per heavy atom. The van der Waals surface area contributed by atoms with Crippen molar-refractivity contribution in [3.8, 4) is 5.69 Å². The van der Waals surface area contributed by atoms with Gasteiger partial charge in [0.05, 0.1) is 16.1 Å². The van der Waals surface area contributed by atoms with Crippen molar-refractivity contribution in [3.63, 3.8) is 0 Å². The van der Waals surface area contributed by atoms with Crippen molar-refractivity contribution in [2.75, 3.05) is 6.26 Å². The van der Waals surface area contributed by atoms with Gasteiger partial charge in [-0.1, -0.05) is 0 Å². The molecule has 1 aromatic heterocycles. The lowest BCUT2D eigenvalue weighted by molar-refractivity contribution is -0.137. The van der Waals surface area contributed by atoms with Crippen LogP contribution in [0.25, 0.3) is 5.69 Å². The van der Waals surface area contributed by atoms with Crippen molar-refractivity contribution in [2.24, 2.45) is 0 Å². The summed E-state index contributed by atoms with van der Waals surface area (Å²) < 4.78 is 62.9. The fraction of sp³-hybridized carbons (Fsp3) is 0.154. The third kappa shape index (κ3) is 3.33. The number of rotatable bonds is 2. The first-order valence-corrected chi connectivity index (χ1v) is 7.58. The number of nitrogens with zero attached hydrogens (tertiary/aromatic N) is 1. The predicted octanol–water partition coefficient (Wildman–Crippen LogP) is 2.26. The van der Waals surface area contributed by atoms with Crippen LogP contribution < -0.4 is 5.43 Å². The molecule has 0 aliphatic heterocycles. The highest BCUT2D eigenvalue weighted by Crippen LogP contribution is 2.32. The van der Waals surface area contributed by atoms with E-state index in [1.165, 1.54) is 12.4 Å². The molecular weight excluding hydrogens is 307 g/mol. The molecule has 1 aromatic carbocycles. The summed E-state index contributed by atoms with van der Waals surface area (Å²) >= 11 is 0. The first-order chi connectivity index (χ1) is 9.59. The highest BCUT2D eigenvalue weighted by Gasteiger charge is 2.32. The Kier molecular flexibility index (Phi) is 3.66. The molecule has 0 unspecified atom stereocenters. The van der Waals surface area contributed by atoms with Crippen LogP contribution in [0.3, 0.4) is 0 Å². The summed E-state index contributed by atoms with van der Waals surface area (Å²) in [7, 11) is -3.72. The molecule has 0 N–H and O–H groups in total. The molecule has 0 spiro atoms. The maximum atomic E-state index is 12.8. The van der Waals surface area contributed by atoms with E-state index >= 15 is 0 Å². The van der Waals surface area contributed by atoms with Gasteiger partial charge in [0.25, 0.3) is 0 Å². The summed E-state index contributed by atoms with van der Waals surface area (Å²) in [6.07, 6.45) is -1.26. The summed E-state index contributed by atoms with van der Waals surface area (Å²) in [6, 6.07) is 4.62. The molecule has 1 heterocycles. The zero-order chi connectivity index (χ0) is 15.8. The molecule has 0 aliphatic rings. The Balaban J connectivity index is 2.76. The van der Waals surface area contributed by atoms with Crippen LogP contribution >= 0.6 is 0 Å². The summed E-state index contributed by atoms with van der Waals surface area (Å²) in [5, 5.41) is 0. The third-order valence-corrected chi connectivity index (χ3v) is 3.91. The Morgan fingerprint density at radius 3 is 2.10 bits per heavy atom. The summed E-state index contributed by atoms with van der Waals surface area (Å²) in [5.74, 6) is 0. The molecule has 8 heteroatoms. The number of hydrogen-bond donors (Lipinski definition) is 0. The topological polar surface area (TPSA) is 56.1 Å².